The minimum absolute atomic E-state index is 0.538. The average molecular weight is 249 g/mol. The third-order valence-electron chi connectivity index (χ3n) is 3.54. The summed E-state index contributed by atoms with van der Waals surface area (Å²) >= 11 is 0. The van der Waals surface area contributed by atoms with Crippen LogP contribution in [0.1, 0.15) is 64.1 Å². The first kappa shape index (κ1) is 13.6. The van der Waals surface area contributed by atoms with Crippen molar-refractivity contribution in [1.29, 1.82) is 0 Å². The SMILES string of the molecule is CC(C)CCn1ncc(CNC(C)C)c1C1CC1. The van der Waals surface area contributed by atoms with E-state index in [-0.39, 0.29) is 0 Å². The second-order valence-electron chi connectivity index (χ2n) is 6.27. The Kier molecular flexibility index (Phi) is 4.44. The summed E-state index contributed by atoms with van der Waals surface area (Å²) in [6.07, 6.45) is 5.99. The Morgan fingerprint density at radius 3 is 2.61 bits per heavy atom. The first-order chi connectivity index (χ1) is 8.58. The molecule has 2 rings (SSSR count). The number of aromatic nitrogens is 2. The average Bonchev–Trinajstić information content (AvgIpc) is 3.05. The second kappa shape index (κ2) is 5.87. The molecule has 1 aromatic rings. The fourth-order valence-corrected chi connectivity index (χ4v) is 2.27. The van der Waals surface area contributed by atoms with Crippen LogP contribution in [0.2, 0.25) is 0 Å². The monoisotopic (exact) mass is 249 g/mol. The Bertz CT molecular complexity index is 346. The summed E-state index contributed by atoms with van der Waals surface area (Å²) in [6, 6.07) is 0.538. The lowest BCUT2D eigenvalue weighted by Crippen LogP contribution is -2.22. The van der Waals surface area contributed by atoms with Crippen molar-refractivity contribution in [1.82, 2.24) is 15.1 Å². The maximum absolute atomic E-state index is 4.60. The van der Waals surface area contributed by atoms with Crippen molar-refractivity contribution >= 4 is 0 Å². The Balaban J connectivity index is 2.05. The van der Waals surface area contributed by atoms with E-state index < -0.39 is 0 Å². The third kappa shape index (κ3) is 3.58. The van der Waals surface area contributed by atoms with Gasteiger partial charge in [-0.15, -0.1) is 0 Å². The molecule has 0 radical (unpaired) electrons. The number of nitrogens with zero attached hydrogens (tertiary/aromatic N) is 2. The highest BCUT2D eigenvalue weighted by molar-refractivity contribution is 5.25. The smallest absolute Gasteiger partial charge is 0.0537 e. The number of aryl methyl sites for hydroxylation is 1. The molecule has 3 nitrogen and oxygen atoms in total. The molecule has 1 aliphatic carbocycles. The van der Waals surface area contributed by atoms with Crippen molar-refractivity contribution in [2.75, 3.05) is 0 Å². The van der Waals surface area contributed by atoms with E-state index in [1.807, 2.05) is 0 Å². The molecule has 102 valence electrons. The van der Waals surface area contributed by atoms with Gasteiger partial charge >= 0.3 is 0 Å². The Hall–Kier alpha value is -0.830. The van der Waals surface area contributed by atoms with Gasteiger partial charge in [0.2, 0.25) is 0 Å². The standard InChI is InChI=1S/C15H27N3/c1-11(2)7-8-18-15(13-5-6-13)14(10-17-18)9-16-12(3)4/h10-13,16H,5-9H2,1-4H3. The quantitative estimate of drug-likeness (QED) is 0.803. The van der Waals surface area contributed by atoms with Crippen molar-refractivity contribution in [3.63, 3.8) is 0 Å². The van der Waals surface area contributed by atoms with E-state index in [0.29, 0.717) is 6.04 Å². The van der Waals surface area contributed by atoms with Crippen LogP contribution < -0.4 is 5.32 Å². The predicted octanol–water partition coefficient (Wildman–Crippen LogP) is 3.30. The molecule has 18 heavy (non-hydrogen) atoms. The third-order valence-corrected chi connectivity index (χ3v) is 3.54. The zero-order chi connectivity index (χ0) is 13.1. The maximum atomic E-state index is 4.60. The summed E-state index contributed by atoms with van der Waals surface area (Å²) in [5.41, 5.74) is 2.92. The van der Waals surface area contributed by atoms with Crippen LogP contribution >= 0.6 is 0 Å². The van der Waals surface area contributed by atoms with E-state index in [9.17, 15) is 0 Å². The summed E-state index contributed by atoms with van der Waals surface area (Å²) in [4.78, 5) is 0. The molecular weight excluding hydrogens is 222 g/mol. The summed E-state index contributed by atoms with van der Waals surface area (Å²) in [5, 5.41) is 8.11. The van der Waals surface area contributed by atoms with E-state index in [1.54, 1.807) is 0 Å². The lowest BCUT2D eigenvalue weighted by atomic mass is 10.1. The fourth-order valence-electron chi connectivity index (χ4n) is 2.27. The first-order valence-corrected chi connectivity index (χ1v) is 7.36. The first-order valence-electron chi connectivity index (χ1n) is 7.36. The zero-order valence-corrected chi connectivity index (χ0v) is 12.2. The van der Waals surface area contributed by atoms with Crippen LogP contribution in [0.15, 0.2) is 6.20 Å². The highest BCUT2D eigenvalue weighted by atomic mass is 15.3. The van der Waals surface area contributed by atoms with Crippen LogP contribution in [0.25, 0.3) is 0 Å². The molecule has 0 bridgehead atoms. The van der Waals surface area contributed by atoms with E-state index in [4.69, 9.17) is 0 Å². The minimum atomic E-state index is 0.538. The van der Waals surface area contributed by atoms with Gasteiger partial charge in [-0.3, -0.25) is 4.68 Å². The van der Waals surface area contributed by atoms with Crippen molar-refractivity contribution in [2.45, 2.75) is 72.0 Å². The molecule has 1 aromatic heterocycles. The molecule has 1 heterocycles. The van der Waals surface area contributed by atoms with E-state index in [1.165, 1.54) is 30.5 Å². The normalized spacial score (nSPS) is 15.9. The predicted molar refractivity (Wildman–Crippen MR) is 75.6 cm³/mol. The molecule has 0 atom stereocenters. The lowest BCUT2D eigenvalue weighted by Gasteiger charge is -2.12. The summed E-state index contributed by atoms with van der Waals surface area (Å²) in [5.74, 6) is 1.53. The zero-order valence-electron chi connectivity index (χ0n) is 12.2. The van der Waals surface area contributed by atoms with Crippen molar-refractivity contribution < 1.29 is 0 Å². The van der Waals surface area contributed by atoms with E-state index in [0.717, 1.165) is 24.9 Å². The molecule has 0 aliphatic heterocycles. The van der Waals surface area contributed by atoms with Crippen LogP contribution in [0, 0.1) is 5.92 Å². The Morgan fingerprint density at radius 1 is 1.33 bits per heavy atom. The van der Waals surface area contributed by atoms with Crippen LogP contribution in [0.5, 0.6) is 0 Å². The van der Waals surface area contributed by atoms with Crippen LogP contribution in [0.3, 0.4) is 0 Å². The second-order valence-corrected chi connectivity index (χ2v) is 6.27. The summed E-state index contributed by atoms with van der Waals surface area (Å²) < 4.78 is 2.26. The summed E-state index contributed by atoms with van der Waals surface area (Å²) in [6.45, 7) is 11.0. The largest absolute Gasteiger partial charge is 0.310 e. The number of rotatable bonds is 7. The number of hydrogen-bond acceptors (Lipinski definition) is 2. The minimum Gasteiger partial charge on any atom is -0.310 e. The summed E-state index contributed by atoms with van der Waals surface area (Å²) in [7, 11) is 0. The van der Waals surface area contributed by atoms with Gasteiger partial charge in [0.25, 0.3) is 0 Å². The van der Waals surface area contributed by atoms with Gasteiger partial charge < -0.3 is 5.32 Å². The van der Waals surface area contributed by atoms with Gasteiger partial charge in [0.15, 0.2) is 0 Å². The highest BCUT2D eigenvalue weighted by Crippen LogP contribution is 2.41. The molecule has 1 aliphatic rings. The van der Waals surface area contributed by atoms with Gasteiger partial charge in [0, 0.05) is 36.3 Å². The number of nitrogens with one attached hydrogen (secondary N) is 1. The van der Waals surface area contributed by atoms with E-state index >= 15 is 0 Å². The molecule has 1 fully saturated rings. The molecule has 0 amide bonds. The molecule has 1 saturated carbocycles. The van der Waals surface area contributed by atoms with Gasteiger partial charge in [-0.1, -0.05) is 27.7 Å². The van der Waals surface area contributed by atoms with E-state index in [2.05, 4.69) is 49.0 Å². The van der Waals surface area contributed by atoms with Crippen molar-refractivity contribution in [3.05, 3.63) is 17.5 Å². The molecule has 0 aromatic carbocycles. The molecule has 0 unspecified atom stereocenters. The fraction of sp³-hybridized carbons (Fsp3) is 0.800. The van der Waals surface area contributed by atoms with Crippen molar-refractivity contribution in [2.24, 2.45) is 5.92 Å². The molecule has 0 spiro atoms. The maximum Gasteiger partial charge on any atom is 0.0537 e. The lowest BCUT2D eigenvalue weighted by molar-refractivity contribution is 0.474. The van der Waals surface area contributed by atoms with Gasteiger partial charge in [0.05, 0.1) is 6.20 Å². The Labute approximate surface area is 111 Å². The van der Waals surface area contributed by atoms with Crippen LogP contribution in [-0.4, -0.2) is 15.8 Å². The van der Waals surface area contributed by atoms with Gasteiger partial charge in [-0.05, 0) is 25.2 Å². The van der Waals surface area contributed by atoms with Gasteiger partial charge in [-0.2, -0.15) is 5.10 Å². The molecule has 1 N–H and O–H groups in total. The van der Waals surface area contributed by atoms with Gasteiger partial charge in [0.1, 0.15) is 0 Å². The van der Waals surface area contributed by atoms with Crippen LogP contribution in [-0.2, 0) is 13.1 Å². The topological polar surface area (TPSA) is 29.9 Å². The molecule has 3 heteroatoms. The molecular formula is C15H27N3. The molecule has 0 saturated heterocycles. The van der Waals surface area contributed by atoms with Crippen LogP contribution in [0.4, 0.5) is 0 Å². The highest BCUT2D eigenvalue weighted by Gasteiger charge is 2.29. The van der Waals surface area contributed by atoms with Crippen molar-refractivity contribution in [3.8, 4) is 0 Å². The van der Waals surface area contributed by atoms with Gasteiger partial charge in [-0.25, -0.2) is 0 Å². The Morgan fingerprint density at radius 2 is 2.06 bits per heavy atom. The number of hydrogen-bond donors (Lipinski definition) is 1.